The van der Waals surface area contributed by atoms with Crippen molar-refractivity contribution in [3.05, 3.63) is 12.2 Å². The van der Waals surface area contributed by atoms with Crippen LogP contribution in [-0.2, 0) is 14.3 Å². The van der Waals surface area contributed by atoms with E-state index in [4.69, 9.17) is 0 Å². The molecule has 0 aromatic carbocycles. The minimum absolute atomic E-state index is 0.229. The maximum atomic E-state index is 11.5. The summed E-state index contributed by atoms with van der Waals surface area (Å²) in [6.45, 7) is 4.16. The summed E-state index contributed by atoms with van der Waals surface area (Å²) in [4.78, 5) is 22.7. The second kappa shape index (κ2) is 3.23. The van der Waals surface area contributed by atoms with E-state index in [9.17, 15) is 9.59 Å². The number of fused-ring (bicyclic) bond motifs is 1. The number of rotatable bonds is 1. The van der Waals surface area contributed by atoms with Crippen LogP contribution in [-0.4, -0.2) is 11.9 Å². The van der Waals surface area contributed by atoms with E-state index >= 15 is 0 Å². The number of ether oxygens (including phenoxy) is 1. The van der Waals surface area contributed by atoms with Crippen molar-refractivity contribution in [1.29, 1.82) is 0 Å². The van der Waals surface area contributed by atoms with Gasteiger partial charge in [-0.1, -0.05) is 26.0 Å². The topological polar surface area (TPSA) is 43.4 Å². The summed E-state index contributed by atoms with van der Waals surface area (Å²) in [5, 5.41) is 0. The van der Waals surface area contributed by atoms with E-state index < -0.39 is 0 Å². The Morgan fingerprint density at radius 2 is 2.07 bits per heavy atom. The average molecular weight is 194 g/mol. The van der Waals surface area contributed by atoms with E-state index in [1.807, 2.05) is 12.2 Å². The predicted molar refractivity (Wildman–Crippen MR) is 50.2 cm³/mol. The smallest absolute Gasteiger partial charge is 0.321 e. The van der Waals surface area contributed by atoms with Crippen LogP contribution in [0.15, 0.2) is 12.2 Å². The fourth-order valence-corrected chi connectivity index (χ4v) is 2.38. The second-order valence-corrected chi connectivity index (χ2v) is 4.36. The summed E-state index contributed by atoms with van der Waals surface area (Å²) < 4.78 is 4.66. The predicted octanol–water partition coefficient (Wildman–Crippen LogP) is 1.53. The van der Waals surface area contributed by atoms with Crippen molar-refractivity contribution in [2.75, 3.05) is 0 Å². The Bertz CT molecular complexity index is 304. The van der Waals surface area contributed by atoms with E-state index in [0.29, 0.717) is 5.92 Å². The van der Waals surface area contributed by atoms with Crippen molar-refractivity contribution in [1.82, 2.24) is 0 Å². The van der Waals surface area contributed by atoms with Crippen molar-refractivity contribution in [2.24, 2.45) is 23.7 Å². The Balaban J connectivity index is 2.30. The van der Waals surface area contributed by atoms with Gasteiger partial charge in [-0.15, -0.1) is 0 Å². The van der Waals surface area contributed by atoms with Crippen LogP contribution in [0.1, 0.15) is 20.3 Å². The Morgan fingerprint density at radius 3 is 2.71 bits per heavy atom. The molecule has 3 nitrogen and oxygen atoms in total. The second-order valence-electron chi connectivity index (χ2n) is 4.36. The molecule has 0 saturated carbocycles. The molecule has 1 aliphatic heterocycles. The lowest BCUT2D eigenvalue weighted by Gasteiger charge is -2.28. The van der Waals surface area contributed by atoms with Gasteiger partial charge in [-0.25, -0.2) is 0 Å². The quantitative estimate of drug-likeness (QED) is 0.361. The van der Waals surface area contributed by atoms with Crippen molar-refractivity contribution in [2.45, 2.75) is 20.3 Å². The van der Waals surface area contributed by atoms with Gasteiger partial charge in [-0.2, -0.15) is 0 Å². The third-order valence-electron chi connectivity index (χ3n) is 3.20. The summed E-state index contributed by atoms with van der Waals surface area (Å²) in [6, 6.07) is 0. The van der Waals surface area contributed by atoms with E-state index in [1.165, 1.54) is 0 Å². The van der Waals surface area contributed by atoms with Gasteiger partial charge in [-0.3, -0.25) is 9.59 Å². The molecule has 76 valence electrons. The Kier molecular flexibility index (Phi) is 2.17. The highest BCUT2D eigenvalue weighted by Gasteiger charge is 2.48. The molecule has 1 saturated heterocycles. The van der Waals surface area contributed by atoms with Crippen LogP contribution in [0.4, 0.5) is 0 Å². The molecule has 0 bridgehead atoms. The molecular formula is C11H14O3. The standard InChI is InChI=1S/C11H14O3/c1-6(2)7-4-3-5-8-9(7)11(13)14-10(8)12/h3,5-9H,4H2,1-2H3. The molecule has 2 rings (SSSR count). The van der Waals surface area contributed by atoms with Gasteiger partial charge in [0.25, 0.3) is 0 Å². The summed E-state index contributed by atoms with van der Waals surface area (Å²) in [6.07, 6.45) is 4.68. The van der Waals surface area contributed by atoms with Crippen molar-refractivity contribution in [3.63, 3.8) is 0 Å². The monoisotopic (exact) mass is 194 g/mol. The van der Waals surface area contributed by atoms with Crippen LogP contribution in [0.25, 0.3) is 0 Å². The Morgan fingerprint density at radius 1 is 1.36 bits per heavy atom. The largest absolute Gasteiger partial charge is 0.392 e. The molecule has 3 heteroatoms. The molecule has 0 spiro atoms. The van der Waals surface area contributed by atoms with Gasteiger partial charge in [0, 0.05) is 0 Å². The van der Waals surface area contributed by atoms with Crippen LogP contribution >= 0.6 is 0 Å². The zero-order valence-electron chi connectivity index (χ0n) is 8.40. The molecule has 1 fully saturated rings. The highest BCUT2D eigenvalue weighted by atomic mass is 16.6. The summed E-state index contributed by atoms with van der Waals surface area (Å²) in [5.74, 6) is -0.587. The summed E-state index contributed by atoms with van der Waals surface area (Å²) in [5.41, 5.74) is 0. The first-order chi connectivity index (χ1) is 6.61. The van der Waals surface area contributed by atoms with Crippen LogP contribution in [0.5, 0.6) is 0 Å². The minimum Gasteiger partial charge on any atom is -0.392 e. The molecule has 0 aromatic heterocycles. The summed E-state index contributed by atoms with van der Waals surface area (Å²) in [7, 11) is 0. The van der Waals surface area contributed by atoms with Crippen molar-refractivity contribution in [3.8, 4) is 0 Å². The number of hydrogen-bond acceptors (Lipinski definition) is 3. The first kappa shape index (κ1) is 9.44. The molecule has 1 heterocycles. The molecule has 14 heavy (non-hydrogen) atoms. The molecule has 0 N–H and O–H groups in total. The molecule has 0 radical (unpaired) electrons. The maximum absolute atomic E-state index is 11.5. The van der Waals surface area contributed by atoms with Crippen LogP contribution < -0.4 is 0 Å². The van der Waals surface area contributed by atoms with Gasteiger partial charge in [0.1, 0.15) is 0 Å². The number of esters is 2. The van der Waals surface area contributed by atoms with Crippen LogP contribution in [0.3, 0.4) is 0 Å². The van der Waals surface area contributed by atoms with Gasteiger partial charge in [-0.05, 0) is 18.3 Å². The molecule has 3 atom stereocenters. The Labute approximate surface area is 83.1 Å². The molecule has 2 aliphatic rings. The zero-order chi connectivity index (χ0) is 10.3. The molecular weight excluding hydrogens is 180 g/mol. The SMILES string of the molecule is CC(C)C1CC=CC2C(=O)OC(=O)C21. The average Bonchev–Trinajstić information content (AvgIpc) is 2.43. The van der Waals surface area contributed by atoms with Crippen LogP contribution in [0, 0.1) is 23.7 Å². The first-order valence-electron chi connectivity index (χ1n) is 5.03. The van der Waals surface area contributed by atoms with E-state index in [-0.39, 0.29) is 29.7 Å². The van der Waals surface area contributed by atoms with Gasteiger partial charge in [0.05, 0.1) is 11.8 Å². The van der Waals surface area contributed by atoms with Gasteiger partial charge >= 0.3 is 11.9 Å². The highest BCUT2D eigenvalue weighted by Crippen LogP contribution is 2.40. The maximum Gasteiger partial charge on any atom is 0.321 e. The molecule has 1 aliphatic carbocycles. The van der Waals surface area contributed by atoms with Crippen molar-refractivity contribution >= 4 is 11.9 Å². The van der Waals surface area contributed by atoms with E-state index in [2.05, 4.69) is 18.6 Å². The molecule has 3 unspecified atom stereocenters. The highest BCUT2D eigenvalue weighted by molar-refractivity contribution is 5.97. The lowest BCUT2D eigenvalue weighted by atomic mass is 9.72. The Hall–Kier alpha value is -1.12. The van der Waals surface area contributed by atoms with Gasteiger partial charge in [0.15, 0.2) is 0 Å². The number of carbonyl (C=O) groups excluding carboxylic acids is 2. The summed E-state index contributed by atoms with van der Waals surface area (Å²) >= 11 is 0. The third kappa shape index (κ3) is 1.27. The number of hydrogen-bond donors (Lipinski definition) is 0. The lowest BCUT2D eigenvalue weighted by molar-refractivity contribution is -0.154. The van der Waals surface area contributed by atoms with Gasteiger partial charge < -0.3 is 4.74 Å². The fraction of sp³-hybridized carbons (Fsp3) is 0.636. The molecule has 0 amide bonds. The minimum atomic E-state index is -0.374. The van der Waals surface area contributed by atoms with E-state index in [0.717, 1.165) is 6.42 Å². The van der Waals surface area contributed by atoms with Crippen LogP contribution in [0.2, 0.25) is 0 Å². The van der Waals surface area contributed by atoms with Crippen molar-refractivity contribution < 1.29 is 14.3 Å². The number of carbonyl (C=O) groups is 2. The zero-order valence-corrected chi connectivity index (χ0v) is 8.40. The molecule has 0 aromatic rings. The fourth-order valence-electron chi connectivity index (χ4n) is 2.38. The third-order valence-corrected chi connectivity index (χ3v) is 3.20. The van der Waals surface area contributed by atoms with E-state index in [1.54, 1.807) is 0 Å². The van der Waals surface area contributed by atoms with Gasteiger partial charge in [0.2, 0.25) is 0 Å². The first-order valence-corrected chi connectivity index (χ1v) is 5.03. The normalized spacial score (nSPS) is 36.1. The number of allylic oxidation sites excluding steroid dienone is 1. The number of cyclic esters (lactones) is 2. The lowest BCUT2D eigenvalue weighted by Crippen LogP contribution is -2.31.